The Morgan fingerprint density at radius 1 is 1.00 bits per heavy atom. The van der Waals surface area contributed by atoms with Crippen molar-refractivity contribution in [3.8, 4) is 0 Å². The van der Waals surface area contributed by atoms with Gasteiger partial charge in [0.2, 0.25) is 0 Å². The van der Waals surface area contributed by atoms with Gasteiger partial charge in [-0.1, -0.05) is 27.2 Å². The number of imidazole rings is 1. The van der Waals surface area contributed by atoms with Crippen molar-refractivity contribution in [2.75, 3.05) is 26.7 Å². The molecule has 2 amide bonds. The zero-order valence-electron chi connectivity index (χ0n) is 16.9. The average molecular weight is 363 g/mol. The number of aromatic nitrogens is 2. The maximum absolute atomic E-state index is 13.1. The molecule has 0 N–H and O–H groups in total. The molecule has 2 rings (SSSR count). The lowest BCUT2D eigenvalue weighted by Gasteiger charge is -2.23. The van der Waals surface area contributed by atoms with Crippen LogP contribution < -0.4 is 0 Å². The Balaban J connectivity index is 2.34. The molecule has 0 spiro atoms. The molecule has 1 aliphatic heterocycles. The van der Waals surface area contributed by atoms with E-state index < -0.39 is 0 Å². The first kappa shape index (κ1) is 20.5. The van der Waals surface area contributed by atoms with Gasteiger partial charge in [0, 0.05) is 33.2 Å². The lowest BCUT2D eigenvalue weighted by Crippen LogP contribution is -2.35. The minimum Gasteiger partial charge on any atom is -0.340 e. The second-order valence-electron chi connectivity index (χ2n) is 7.21. The Hall–Kier alpha value is -1.85. The van der Waals surface area contributed by atoms with Gasteiger partial charge in [-0.25, -0.2) is 4.98 Å². The summed E-state index contributed by atoms with van der Waals surface area (Å²) < 4.78 is 2.01. The highest BCUT2D eigenvalue weighted by Crippen LogP contribution is 2.23. The van der Waals surface area contributed by atoms with Crippen molar-refractivity contribution in [1.29, 1.82) is 0 Å². The monoisotopic (exact) mass is 362 g/mol. The molecule has 1 aliphatic rings. The molecule has 0 aromatic carbocycles. The minimum absolute atomic E-state index is 0.0351. The van der Waals surface area contributed by atoms with Crippen LogP contribution in [0.3, 0.4) is 0 Å². The van der Waals surface area contributed by atoms with Crippen LogP contribution in [0.2, 0.25) is 0 Å². The molecule has 0 aliphatic carbocycles. The van der Waals surface area contributed by atoms with E-state index >= 15 is 0 Å². The number of hydrogen-bond acceptors (Lipinski definition) is 3. The van der Waals surface area contributed by atoms with Gasteiger partial charge in [-0.15, -0.1) is 0 Å². The predicted octanol–water partition coefficient (Wildman–Crippen LogP) is 3.35. The summed E-state index contributed by atoms with van der Waals surface area (Å²) in [7, 11) is 1.83. The summed E-state index contributed by atoms with van der Waals surface area (Å²) >= 11 is 0. The van der Waals surface area contributed by atoms with E-state index in [2.05, 4.69) is 25.8 Å². The molecule has 0 atom stereocenters. The number of hydrogen-bond donors (Lipinski definition) is 0. The Labute approximate surface area is 157 Å². The smallest absolute Gasteiger partial charge is 0.289 e. The molecule has 146 valence electrons. The predicted molar refractivity (Wildman–Crippen MR) is 104 cm³/mol. The quantitative estimate of drug-likeness (QED) is 0.677. The Morgan fingerprint density at radius 3 is 2.31 bits per heavy atom. The van der Waals surface area contributed by atoms with E-state index in [1.54, 1.807) is 4.90 Å². The van der Waals surface area contributed by atoms with Crippen LogP contribution in [0.15, 0.2) is 0 Å². The molecule has 1 aromatic heterocycles. The van der Waals surface area contributed by atoms with Crippen LogP contribution >= 0.6 is 0 Å². The van der Waals surface area contributed by atoms with Gasteiger partial charge in [-0.05, 0) is 38.5 Å². The van der Waals surface area contributed by atoms with Gasteiger partial charge in [0.05, 0.1) is 5.69 Å². The van der Waals surface area contributed by atoms with E-state index in [1.807, 2.05) is 16.5 Å². The molecule has 6 nitrogen and oxygen atoms in total. The van der Waals surface area contributed by atoms with Gasteiger partial charge in [0.1, 0.15) is 5.69 Å². The maximum atomic E-state index is 13.1. The molecule has 26 heavy (non-hydrogen) atoms. The molecule has 6 heteroatoms. The highest BCUT2D eigenvalue weighted by atomic mass is 16.2. The van der Waals surface area contributed by atoms with E-state index in [9.17, 15) is 9.59 Å². The maximum Gasteiger partial charge on any atom is 0.289 e. The van der Waals surface area contributed by atoms with Crippen LogP contribution in [0, 0.1) is 0 Å². The number of amides is 2. The SMILES string of the molecule is CCCCN(C)C(=O)c1nc(C(=O)N(CCC)CCC)n2c1CCCC2. The second-order valence-corrected chi connectivity index (χ2v) is 7.21. The molecular weight excluding hydrogens is 328 g/mol. The number of unbranched alkanes of at least 4 members (excludes halogenated alkanes) is 1. The number of carbonyl (C=O) groups is 2. The number of nitrogens with zero attached hydrogens (tertiary/aromatic N) is 4. The number of fused-ring (bicyclic) bond motifs is 1. The lowest BCUT2D eigenvalue weighted by atomic mass is 10.1. The first-order chi connectivity index (χ1) is 12.5. The minimum atomic E-state index is -0.0549. The van der Waals surface area contributed by atoms with E-state index in [0.717, 1.165) is 76.8 Å². The normalized spacial score (nSPS) is 13.4. The Kier molecular flexibility index (Phi) is 7.66. The van der Waals surface area contributed by atoms with Crippen molar-refractivity contribution in [2.24, 2.45) is 0 Å². The van der Waals surface area contributed by atoms with Crippen molar-refractivity contribution >= 4 is 11.8 Å². The third-order valence-electron chi connectivity index (χ3n) is 4.98. The molecule has 0 bridgehead atoms. The Bertz CT molecular complexity index is 618. The summed E-state index contributed by atoms with van der Waals surface area (Å²) in [6.45, 7) is 9.24. The van der Waals surface area contributed by atoms with Gasteiger partial charge in [0.15, 0.2) is 5.82 Å². The van der Waals surface area contributed by atoms with Crippen LogP contribution in [0.4, 0.5) is 0 Å². The van der Waals surface area contributed by atoms with Gasteiger partial charge in [0.25, 0.3) is 11.8 Å². The van der Waals surface area contributed by atoms with Crippen molar-refractivity contribution in [2.45, 2.75) is 72.3 Å². The third-order valence-corrected chi connectivity index (χ3v) is 4.98. The van der Waals surface area contributed by atoms with Crippen molar-refractivity contribution in [3.63, 3.8) is 0 Å². The third kappa shape index (κ3) is 4.46. The summed E-state index contributed by atoms with van der Waals surface area (Å²) in [6.07, 6.45) is 6.77. The van der Waals surface area contributed by atoms with E-state index in [-0.39, 0.29) is 11.8 Å². The Morgan fingerprint density at radius 2 is 1.69 bits per heavy atom. The van der Waals surface area contributed by atoms with Crippen LogP contribution in [0.1, 0.15) is 86.1 Å². The van der Waals surface area contributed by atoms with E-state index in [1.165, 1.54) is 0 Å². The fourth-order valence-electron chi connectivity index (χ4n) is 3.55. The first-order valence-electron chi connectivity index (χ1n) is 10.2. The molecule has 1 aromatic rings. The van der Waals surface area contributed by atoms with Crippen LogP contribution in [0.5, 0.6) is 0 Å². The van der Waals surface area contributed by atoms with Gasteiger partial charge < -0.3 is 14.4 Å². The van der Waals surface area contributed by atoms with Crippen LogP contribution in [-0.4, -0.2) is 57.8 Å². The van der Waals surface area contributed by atoms with Crippen molar-refractivity contribution < 1.29 is 9.59 Å². The average Bonchev–Trinajstić information content (AvgIpc) is 3.04. The summed E-state index contributed by atoms with van der Waals surface area (Å²) in [5.74, 6) is 0.363. The standard InChI is InChI=1S/C20H34N4O2/c1-5-8-14-22(4)19(25)17-16-11-9-10-15-24(16)18(21-17)20(26)23(12-6-2)13-7-3/h5-15H2,1-4H3. The molecular formula is C20H34N4O2. The summed E-state index contributed by atoms with van der Waals surface area (Å²) in [4.78, 5) is 34.2. The van der Waals surface area contributed by atoms with E-state index in [4.69, 9.17) is 0 Å². The summed E-state index contributed by atoms with van der Waals surface area (Å²) in [5.41, 5.74) is 1.43. The zero-order chi connectivity index (χ0) is 19.1. The fraction of sp³-hybridized carbons (Fsp3) is 0.750. The summed E-state index contributed by atoms with van der Waals surface area (Å²) in [5, 5.41) is 0. The zero-order valence-corrected chi connectivity index (χ0v) is 16.9. The fourth-order valence-corrected chi connectivity index (χ4v) is 3.55. The summed E-state index contributed by atoms with van der Waals surface area (Å²) in [6, 6.07) is 0. The van der Waals surface area contributed by atoms with Crippen molar-refractivity contribution in [3.05, 3.63) is 17.2 Å². The molecule has 0 fully saturated rings. The molecule has 0 radical (unpaired) electrons. The van der Waals surface area contributed by atoms with E-state index in [0.29, 0.717) is 11.5 Å². The largest absolute Gasteiger partial charge is 0.340 e. The highest BCUT2D eigenvalue weighted by molar-refractivity contribution is 5.97. The van der Waals surface area contributed by atoms with Gasteiger partial charge >= 0.3 is 0 Å². The lowest BCUT2D eigenvalue weighted by molar-refractivity contribution is 0.0737. The van der Waals surface area contributed by atoms with Crippen LogP contribution in [-0.2, 0) is 13.0 Å². The van der Waals surface area contributed by atoms with Crippen molar-refractivity contribution in [1.82, 2.24) is 19.4 Å². The number of rotatable bonds is 9. The van der Waals surface area contributed by atoms with Gasteiger partial charge in [-0.2, -0.15) is 0 Å². The molecule has 0 unspecified atom stereocenters. The number of carbonyl (C=O) groups excluding carboxylic acids is 2. The molecule has 2 heterocycles. The molecule has 0 saturated carbocycles. The topological polar surface area (TPSA) is 58.4 Å². The van der Waals surface area contributed by atoms with Gasteiger partial charge in [-0.3, -0.25) is 9.59 Å². The first-order valence-corrected chi connectivity index (χ1v) is 10.2. The molecule has 0 saturated heterocycles. The second kappa shape index (κ2) is 9.74. The highest BCUT2D eigenvalue weighted by Gasteiger charge is 2.30. The van der Waals surface area contributed by atoms with Crippen LogP contribution in [0.25, 0.3) is 0 Å².